The molecule has 23 heavy (non-hydrogen) atoms. The van der Waals surface area contributed by atoms with Crippen molar-refractivity contribution in [2.45, 2.75) is 0 Å². The van der Waals surface area contributed by atoms with Gasteiger partial charge >= 0.3 is 0 Å². The van der Waals surface area contributed by atoms with Crippen LogP contribution in [0.4, 0.5) is 5.82 Å². The Hall–Kier alpha value is -2.60. The number of hydrogen-bond acceptors (Lipinski definition) is 5. The maximum Gasteiger partial charge on any atom is 0.165 e. The normalized spacial score (nSPS) is 15.9. The molecule has 1 aliphatic rings. The zero-order valence-corrected chi connectivity index (χ0v) is 13.1. The largest absolute Gasteiger partial charge is 0.492 e. The topological polar surface area (TPSA) is 54.7 Å². The van der Waals surface area contributed by atoms with Gasteiger partial charge in [-0.15, -0.1) is 0 Å². The van der Waals surface area contributed by atoms with Gasteiger partial charge in [-0.2, -0.15) is 5.10 Å². The second kappa shape index (κ2) is 5.89. The minimum Gasteiger partial charge on any atom is -0.492 e. The zero-order chi connectivity index (χ0) is 15.6. The van der Waals surface area contributed by atoms with Gasteiger partial charge in [-0.25, -0.2) is 9.50 Å². The summed E-state index contributed by atoms with van der Waals surface area (Å²) in [4.78, 5) is 6.95. The summed E-state index contributed by atoms with van der Waals surface area (Å²) in [6, 6.07) is 10.1. The predicted molar refractivity (Wildman–Crippen MR) is 89.9 cm³/mol. The van der Waals surface area contributed by atoms with E-state index in [4.69, 9.17) is 9.72 Å². The lowest BCUT2D eigenvalue weighted by molar-refractivity contribution is 0.242. The van der Waals surface area contributed by atoms with Crippen LogP contribution in [0.3, 0.4) is 0 Å². The maximum absolute atomic E-state index is 5.88. The SMILES string of the molecule is CN1CCNc2ccn3ncc(c3n2)-c2cccc(c2)OCC1. The molecule has 0 spiro atoms. The van der Waals surface area contributed by atoms with Gasteiger partial charge in [0, 0.05) is 31.4 Å². The van der Waals surface area contributed by atoms with Gasteiger partial charge < -0.3 is 15.0 Å². The molecule has 4 bridgehead atoms. The Kier molecular flexibility index (Phi) is 3.59. The van der Waals surface area contributed by atoms with Crippen LogP contribution >= 0.6 is 0 Å². The summed E-state index contributed by atoms with van der Waals surface area (Å²) in [7, 11) is 2.10. The molecule has 3 heterocycles. The molecule has 4 rings (SSSR count). The third kappa shape index (κ3) is 2.85. The van der Waals surface area contributed by atoms with Crippen molar-refractivity contribution in [2.24, 2.45) is 0 Å². The summed E-state index contributed by atoms with van der Waals surface area (Å²) in [5.74, 6) is 1.75. The van der Waals surface area contributed by atoms with Crippen LogP contribution in [0.15, 0.2) is 42.7 Å². The van der Waals surface area contributed by atoms with E-state index in [9.17, 15) is 0 Å². The van der Waals surface area contributed by atoms with Gasteiger partial charge in [0.1, 0.15) is 18.2 Å². The first kappa shape index (κ1) is 14.0. The molecular formula is C17H19N5O. The van der Waals surface area contributed by atoms with Gasteiger partial charge in [0.15, 0.2) is 5.65 Å². The quantitative estimate of drug-likeness (QED) is 0.689. The standard InChI is InChI=1S/C17H19N5O/c1-21-8-6-18-16-5-7-22-17(20-16)15(12-19-22)13-3-2-4-14(11-13)23-10-9-21/h2-5,7,11-12H,6,8-10H2,1H3,(H,18,20). The molecule has 0 radical (unpaired) electrons. The van der Waals surface area contributed by atoms with Crippen molar-refractivity contribution in [3.63, 3.8) is 0 Å². The minimum atomic E-state index is 0.674. The third-order valence-corrected chi connectivity index (χ3v) is 4.06. The average molecular weight is 309 g/mol. The highest BCUT2D eigenvalue weighted by molar-refractivity contribution is 5.78. The average Bonchev–Trinajstić information content (AvgIpc) is 2.98. The van der Waals surface area contributed by atoms with Crippen LogP contribution in [0.5, 0.6) is 5.75 Å². The fourth-order valence-corrected chi connectivity index (χ4v) is 2.73. The molecular weight excluding hydrogens is 290 g/mol. The Morgan fingerprint density at radius 1 is 1.22 bits per heavy atom. The van der Waals surface area contributed by atoms with E-state index in [1.54, 1.807) is 4.52 Å². The van der Waals surface area contributed by atoms with Crippen LogP contribution in [0.2, 0.25) is 0 Å². The number of benzene rings is 1. The number of hydrogen-bond donors (Lipinski definition) is 1. The number of likely N-dealkylation sites (N-methyl/N-ethyl adjacent to an activating group) is 1. The van der Waals surface area contributed by atoms with E-state index in [0.717, 1.165) is 48.0 Å². The Balaban J connectivity index is 1.81. The van der Waals surface area contributed by atoms with Crippen molar-refractivity contribution in [1.29, 1.82) is 0 Å². The van der Waals surface area contributed by atoms with E-state index in [-0.39, 0.29) is 0 Å². The fourth-order valence-electron chi connectivity index (χ4n) is 2.73. The Bertz CT molecular complexity index is 829. The highest BCUT2D eigenvalue weighted by Gasteiger charge is 2.11. The molecule has 118 valence electrons. The van der Waals surface area contributed by atoms with Gasteiger partial charge in [-0.1, -0.05) is 12.1 Å². The van der Waals surface area contributed by atoms with Crippen LogP contribution in [0, 0.1) is 0 Å². The molecule has 2 aromatic heterocycles. The molecule has 0 fully saturated rings. The van der Waals surface area contributed by atoms with Crippen LogP contribution in [-0.2, 0) is 0 Å². The van der Waals surface area contributed by atoms with Crippen LogP contribution in [0.1, 0.15) is 0 Å². The Morgan fingerprint density at radius 3 is 3.13 bits per heavy atom. The van der Waals surface area contributed by atoms with Crippen molar-refractivity contribution in [1.82, 2.24) is 19.5 Å². The third-order valence-electron chi connectivity index (χ3n) is 4.06. The van der Waals surface area contributed by atoms with Crippen LogP contribution in [-0.4, -0.2) is 52.8 Å². The van der Waals surface area contributed by atoms with Crippen molar-refractivity contribution >= 4 is 11.5 Å². The maximum atomic E-state index is 5.88. The van der Waals surface area contributed by atoms with E-state index in [1.165, 1.54) is 0 Å². The van der Waals surface area contributed by atoms with E-state index in [2.05, 4.69) is 28.4 Å². The number of nitrogens with zero attached hydrogens (tertiary/aromatic N) is 4. The number of aromatic nitrogens is 3. The summed E-state index contributed by atoms with van der Waals surface area (Å²) >= 11 is 0. The smallest absolute Gasteiger partial charge is 0.165 e. The molecule has 1 aromatic carbocycles. The first-order chi connectivity index (χ1) is 11.3. The number of rotatable bonds is 0. The lowest BCUT2D eigenvalue weighted by Crippen LogP contribution is -2.29. The first-order valence-electron chi connectivity index (χ1n) is 7.80. The second-order valence-electron chi connectivity index (χ2n) is 5.75. The number of nitrogens with one attached hydrogen (secondary N) is 1. The van der Waals surface area contributed by atoms with Gasteiger partial charge in [-0.05, 0) is 30.8 Å². The van der Waals surface area contributed by atoms with Crippen molar-refractivity contribution in [2.75, 3.05) is 38.6 Å². The Labute approximate surface area is 134 Å². The molecule has 6 nitrogen and oxygen atoms in total. The summed E-state index contributed by atoms with van der Waals surface area (Å²) in [5.41, 5.74) is 2.92. The van der Waals surface area contributed by atoms with Gasteiger partial charge in [0.25, 0.3) is 0 Å². The molecule has 0 saturated heterocycles. The molecule has 1 N–H and O–H groups in total. The highest BCUT2D eigenvalue weighted by atomic mass is 16.5. The van der Waals surface area contributed by atoms with Crippen LogP contribution in [0.25, 0.3) is 16.8 Å². The van der Waals surface area contributed by atoms with Crippen molar-refractivity contribution in [3.05, 3.63) is 42.7 Å². The highest BCUT2D eigenvalue weighted by Crippen LogP contribution is 2.27. The monoisotopic (exact) mass is 309 g/mol. The molecule has 1 aliphatic heterocycles. The molecule has 0 amide bonds. The van der Waals surface area contributed by atoms with E-state index in [1.807, 2.05) is 36.7 Å². The molecule has 6 heteroatoms. The number of ether oxygens (including phenoxy) is 1. The molecule has 3 aromatic rings. The van der Waals surface area contributed by atoms with Crippen LogP contribution < -0.4 is 10.1 Å². The summed E-state index contributed by atoms with van der Waals surface area (Å²) in [6.07, 6.45) is 3.79. The fraction of sp³-hybridized carbons (Fsp3) is 0.294. The molecule has 0 unspecified atom stereocenters. The van der Waals surface area contributed by atoms with Gasteiger partial charge in [-0.3, -0.25) is 0 Å². The minimum absolute atomic E-state index is 0.674. The van der Waals surface area contributed by atoms with Gasteiger partial charge in [0.05, 0.1) is 6.20 Å². The molecule has 0 saturated carbocycles. The summed E-state index contributed by atoms with van der Waals surface area (Å²) in [6.45, 7) is 3.33. The van der Waals surface area contributed by atoms with E-state index < -0.39 is 0 Å². The number of fused-ring (bicyclic) bond motifs is 4. The van der Waals surface area contributed by atoms with Gasteiger partial charge in [0.2, 0.25) is 0 Å². The zero-order valence-electron chi connectivity index (χ0n) is 13.1. The molecule has 0 atom stereocenters. The lowest BCUT2D eigenvalue weighted by atomic mass is 10.1. The predicted octanol–water partition coefficient (Wildman–Crippen LogP) is 2.13. The van der Waals surface area contributed by atoms with Crippen molar-refractivity contribution < 1.29 is 4.74 Å². The first-order valence-corrected chi connectivity index (χ1v) is 7.80. The molecule has 0 aliphatic carbocycles. The number of anilines is 1. The van der Waals surface area contributed by atoms with E-state index in [0.29, 0.717) is 6.61 Å². The summed E-state index contributed by atoms with van der Waals surface area (Å²) < 4.78 is 7.68. The lowest BCUT2D eigenvalue weighted by Gasteiger charge is -2.18. The van der Waals surface area contributed by atoms with E-state index >= 15 is 0 Å². The van der Waals surface area contributed by atoms with Crippen molar-refractivity contribution in [3.8, 4) is 16.9 Å². The Morgan fingerprint density at radius 2 is 2.17 bits per heavy atom. The second-order valence-corrected chi connectivity index (χ2v) is 5.75. The summed E-state index contributed by atoms with van der Waals surface area (Å²) in [5, 5.41) is 7.77.